The quantitative estimate of drug-likeness (QED) is 0.820. The predicted octanol–water partition coefficient (Wildman–Crippen LogP) is 1.74. The molecule has 0 atom stereocenters. The minimum atomic E-state index is -0.638. The van der Waals surface area contributed by atoms with Crippen molar-refractivity contribution in [1.82, 2.24) is 9.97 Å². The molecular formula is C10H15IN2O3. The Labute approximate surface area is 107 Å². The largest absolute Gasteiger partial charge is 0.492 e. The highest BCUT2D eigenvalue weighted by molar-refractivity contribution is 14.1. The summed E-state index contributed by atoms with van der Waals surface area (Å²) in [5.41, 5.74) is -0.979. The highest BCUT2D eigenvalue weighted by Gasteiger charge is 2.31. The molecule has 2 N–H and O–H groups in total. The lowest BCUT2D eigenvalue weighted by molar-refractivity contribution is -0.0297. The second-order valence-electron chi connectivity index (χ2n) is 3.46. The Hall–Kier alpha value is -0.630. The Morgan fingerprint density at radius 1 is 1.50 bits per heavy atom. The lowest BCUT2D eigenvalue weighted by Gasteiger charge is -2.28. The number of aromatic hydroxyl groups is 1. The second-order valence-corrected chi connectivity index (χ2v) is 4.54. The van der Waals surface area contributed by atoms with E-state index in [1.165, 1.54) is 0 Å². The van der Waals surface area contributed by atoms with Gasteiger partial charge in [-0.15, -0.1) is 0 Å². The fraction of sp³-hybridized carbons (Fsp3) is 0.600. The Morgan fingerprint density at radius 3 is 2.44 bits per heavy atom. The molecule has 0 amide bonds. The van der Waals surface area contributed by atoms with E-state index in [0.717, 1.165) is 0 Å². The molecule has 0 unspecified atom stereocenters. The highest BCUT2D eigenvalue weighted by atomic mass is 127. The van der Waals surface area contributed by atoms with E-state index < -0.39 is 5.60 Å². The first-order valence-electron chi connectivity index (χ1n) is 5.05. The van der Waals surface area contributed by atoms with E-state index in [2.05, 4.69) is 9.97 Å². The van der Waals surface area contributed by atoms with Crippen LogP contribution in [0, 0.1) is 3.57 Å². The van der Waals surface area contributed by atoms with E-state index in [-0.39, 0.29) is 15.0 Å². The minimum absolute atomic E-state index is 0.193. The van der Waals surface area contributed by atoms with Crippen LogP contribution in [-0.4, -0.2) is 22.2 Å². The molecule has 0 aromatic carbocycles. The summed E-state index contributed by atoms with van der Waals surface area (Å²) < 4.78 is 5.62. The molecular weight excluding hydrogens is 323 g/mol. The maximum Gasteiger partial charge on any atom is 0.268 e. The van der Waals surface area contributed by atoms with Crippen LogP contribution in [0.15, 0.2) is 4.79 Å². The number of aromatic nitrogens is 2. The van der Waals surface area contributed by atoms with Crippen LogP contribution in [0.25, 0.3) is 0 Å². The number of hydrogen-bond acceptors (Lipinski definition) is 4. The summed E-state index contributed by atoms with van der Waals surface area (Å²) in [4.78, 5) is 18.2. The summed E-state index contributed by atoms with van der Waals surface area (Å²) in [6, 6.07) is 0. The van der Waals surface area contributed by atoms with E-state index in [4.69, 9.17) is 4.74 Å². The molecule has 90 valence electrons. The zero-order chi connectivity index (χ0) is 12.3. The third-order valence-corrected chi connectivity index (χ3v) is 3.78. The molecule has 1 aromatic rings. The third-order valence-electron chi connectivity index (χ3n) is 2.81. The van der Waals surface area contributed by atoms with Crippen molar-refractivity contribution in [2.75, 3.05) is 7.11 Å². The van der Waals surface area contributed by atoms with Gasteiger partial charge in [-0.05, 0) is 35.4 Å². The fourth-order valence-corrected chi connectivity index (χ4v) is 1.89. The molecule has 6 heteroatoms. The molecule has 16 heavy (non-hydrogen) atoms. The first-order valence-corrected chi connectivity index (χ1v) is 6.13. The highest BCUT2D eigenvalue weighted by Crippen LogP contribution is 2.30. The molecule has 0 saturated carbocycles. The van der Waals surface area contributed by atoms with E-state index in [1.807, 2.05) is 13.8 Å². The summed E-state index contributed by atoms with van der Waals surface area (Å²) in [6.45, 7) is 3.89. The Bertz CT molecular complexity index is 418. The summed E-state index contributed by atoms with van der Waals surface area (Å²) in [6.07, 6.45) is 1.34. The molecule has 0 aliphatic carbocycles. The van der Waals surface area contributed by atoms with Crippen LogP contribution in [0.2, 0.25) is 0 Å². The molecule has 0 saturated heterocycles. The molecule has 1 heterocycles. The standard InChI is InChI=1S/C10H15IN2O3/c1-4-10(5-2,16-3)9-12-7(14)6(11)8(15)13-9/h4-5H2,1-3H3,(H2,12,13,14,15). The van der Waals surface area contributed by atoms with Gasteiger partial charge in [-0.1, -0.05) is 13.8 Å². The second kappa shape index (κ2) is 5.13. The van der Waals surface area contributed by atoms with Gasteiger partial charge >= 0.3 is 0 Å². The van der Waals surface area contributed by atoms with Gasteiger partial charge in [0, 0.05) is 7.11 Å². The van der Waals surface area contributed by atoms with E-state index >= 15 is 0 Å². The fourth-order valence-electron chi connectivity index (χ4n) is 1.63. The zero-order valence-corrected chi connectivity index (χ0v) is 11.7. The number of halogens is 1. The average Bonchev–Trinajstić information content (AvgIpc) is 2.29. The third kappa shape index (κ3) is 2.22. The van der Waals surface area contributed by atoms with Gasteiger partial charge in [0.15, 0.2) is 0 Å². The van der Waals surface area contributed by atoms with E-state index in [9.17, 15) is 9.90 Å². The maximum atomic E-state index is 11.5. The molecule has 0 fully saturated rings. The van der Waals surface area contributed by atoms with Crippen molar-refractivity contribution >= 4 is 22.6 Å². The van der Waals surface area contributed by atoms with Gasteiger partial charge in [0.2, 0.25) is 5.88 Å². The molecule has 5 nitrogen and oxygen atoms in total. The van der Waals surface area contributed by atoms with Gasteiger partial charge in [0.05, 0.1) is 0 Å². The van der Waals surface area contributed by atoms with Crippen molar-refractivity contribution in [2.45, 2.75) is 32.3 Å². The number of nitrogens with one attached hydrogen (secondary N) is 1. The Morgan fingerprint density at radius 2 is 2.06 bits per heavy atom. The van der Waals surface area contributed by atoms with Gasteiger partial charge in [0.1, 0.15) is 15.0 Å². The molecule has 0 aliphatic rings. The van der Waals surface area contributed by atoms with Gasteiger partial charge in [0.25, 0.3) is 5.56 Å². The molecule has 0 aliphatic heterocycles. The Balaban J connectivity index is 3.37. The van der Waals surface area contributed by atoms with Gasteiger partial charge in [-0.2, -0.15) is 4.98 Å². The monoisotopic (exact) mass is 338 g/mol. The lowest BCUT2D eigenvalue weighted by atomic mass is 9.96. The first kappa shape index (κ1) is 13.4. The van der Waals surface area contributed by atoms with Crippen LogP contribution in [-0.2, 0) is 10.3 Å². The van der Waals surface area contributed by atoms with Crippen molar-refractivity contribution in [3.05, 3.63) is 19.7 Å². The van der Waals surface area contributed by atoms with Crippen LogP contribution in [0.5, 0.6) is 5.88 Å². The van der Waals surface area contributed by atoms with Crippen molar-refractivity contribution in [2.24, 2.45) is 0 Å². The molecule has 0 radical (unpaired) electrons. The Kier molecular flexibility index (Phi) is 4.31. The van der Waals surface area contributed by atoms with Gasteiger partial charge in [-0.25, -0.2) is 0 Å². The SMILES string of the molecule is CCC(CC)(OC)c1nc(O)c(I)c(=O)[nH]1. The van der Waals surface area contributed by atoms with Crippen molar-refractivity contribution in [3.63, 3.8) is 0 Å². The first-order chi connectivity index (χ1) is 7.50. The number of rotatable bonds is 4. The molecule has 1 aromatic heterocycles. The van der Waals surface area contributed by atoms with Crippen LogP contribution in [0.4, 0.5) is 0 Å². The number of nitrogens with zero attached hydrogens (tertiary/aromatic N) is 1. The number of hydrogen-bond donors (Lipinski definition) is 2. The number of methoxy groups -OCH3 is 1. The number of H-pyrrole nitrogens is 1. The maximum absolute atomic E-state index is 11.5. The number of ether oxygens (including phenoxy) is 1. The van der Waals surface area contributed by atoms with Crippen LogP contribution in [0.3, 0.4) is 0 Å². The smallest absolute Gasteiger partial charge is 0.268 e. The van der Waals surface area contributed by atoms with Crippen LogP contribution in [0.1, 0.15) is 32.5 Å². The number of aromatic amines is 1. The van der Waals surface area contributed by atoms with Crippen LogP contribution >= 0.6 is 22.6 Å². The molecule has 0 spiro atoms. The summed E-state index contributed by atoms with van der Waals surface area (Å²) in [5, 5.41) is 9.54. The summed E-state index contributed by atoms with van der Waals surface area (Å²) in [5.74, 6) is 0.130. The lowest BCUT2D eigenvalue weighted by Crippen LogP contribution is -2.32. The molecule has 0 bridgehead atoms. The van der Waals surface area contributed by atoms with E-state index in [0.29, 0.717) is 18.7 Å². The van der Waals surface area contributed by atoms with Gasteiger partial charge in [-0.3, -0.25) is 4.79 Å². The van der Waals surface area contributed by atoms with Crippen molar-refractivity contribution < 1.29 is 9.84 Å². The predicted molar refractivity (Wildman–Crippen MR) is 68.5 cm³/mol. The normalized spacial score (nSPS) is 11.8. The average molecular weight is 338 g/mol. The zero-order valence-electron chi connectivity index (χ0n) is 9.50. The van der Waals surface area contributed by atoms with Crippen LogP contribution < -0.4 is 5.56 Å². The summed E-state index contributed by atoms with van der Waals surface area (Å²) >= 11 is 1.75. The van der Waals surface area contributed by atoms with Crippen molar-refractivity contribution in [3.8, 4) is 5.88 Å². The van der Waals surface area contributed by atoms with Gasteiger partial charge < -0.3 is 14.8 Å². The summed E-state index contributed by atoms with van der Waals surface area (Å²) in [7, 11) is 1.57. The molecule has 1 rings (SSSR count). The minimum Gasteiger partial charge on any atom is -0.492 e. The topological polar surface area (TPSA) is 75.2 Å². The van der Waals surface area contributed by atoms with E-state index in [1.54, 1.807) is 29.7 Å². The van der Waals surface area contributed by atoms with Crippen molar-refractivity contribution in [1.29, 1.82) is 0 Å².